The standard InChI is InChI=1S/C11H18N4O2/c1-8-14-10(7-11(15-8)17-2)13-6-4-3-5-9(12)16/h7H,3-6H2,1-2H3,(H2,12,16)(H,13,14,15). The van der Waals surface area contributed by atoms with Crippen molar-refractivity contribution in [3.63, 3.8) is 0 Å². The Hall–Kier alpha value is -1.85. The molecule has 1 rings (SSSR count). The van der Waals surface area contributed by atoms with Gasteiger partial charge in [0, 0.05) is 19.0 Å². The molecular weight excluding hydrogens is 220 g/mol. The van der Waals surface area contributed by atoms with Crippen molar-refractivity contribution >= 4 is 11.7 Å². The van der Waals surface area contributed by atoms with Crippen LogP contribution in [0.25, 0.3) is 0 Å². The Balaban J connectivity index is 2.36. The fourth-order valence-electron chi connectivity index (χ4n) is 1.38. The maximum Gasteiger partial charge on any atom is 0.218 e. The third-order valence-electron chi connectivity index (χ3n) is 2.18. The average molecular weight is 238 g/mol. The second-order valence-corrected chi connectivity index (χ2v) is 3.69. The lowest BCUT2D eigenvalue weighted by molar-refractivity contribution is -0.118. The molecule has 0 spiro atoms. The molecule has 1 aromatic heterocycles. The van der Waals surface area contributed by atoms with Crippen LogP contribution in [0.2, 0.25) is 0 Å². The van der Waals surface area contributed by atoms with E-state index < -0.39 is 0 Å². The average Bonchev–Trinajstić information content (AvgIpc) is 2.27. The summed E-state index contributed by atoms with van der Waals surface area (Å²) in [6.07, 6.45) is 2.08. The van der Waals surface area contributed by atoms with Gasteiger partial charge in [-0.3, -0.25) is 4.79 Å². The first-order valence-corrected chi connectivity index (χ1v) is 5.53. The fourth-order valence-corrected chi connectivity index (χ4v) is 1.38. The number of primary amides is 1. The minimum Gasteiger partial charge on any atom is -0.481 e. The van der Waals surface area contributed by atoms with E-state index in [2.05, 4.69) is 15.3 Å². The Morgan fingerprint density at radius 1 is 1.47 bits per heavy atom. The van der Waals surface area contributed by atoms with E-state index in [9.17, 15) is 4.79 Å². The first-order valence-electron chi connectivity index (χ1n) is 5.53. The molecule has 0 aromatic carbocycles. The van der Waals surface area contributed by atoms with Crippen molar-refractivity contribution in [3.8, 4) is 5.88 Å². The highest BCUT2D eigenvalue weighted by atomic mass is 16.5. The van der Waals surface area contributed by atoms with Gasteiger partial charge in [-0.05, 0) is 19.8 Å². The van der Waals surface area contributed by atoms with Crippen LogP contribution in [0.15, 0.2) is 6.07 Å². The quantitative estimate of drug-likeness (QED) is 0.688. The molecule has 0 unspecified atom stereocenters. The molecule has 6 heteroatoms. The van der Waals surface area contributed by atoms with Crippen molar-refractivity contribution < 1.29 is 9.53 Å². The highest BCUT2D eigenvalue weighted by Crippen LogP contribution is 2.12. The number of hydrogen-bond acceptors (Lipinski definition) is 5. The molecule has 0 aliphatic rings. The number of nitrogens with one attached hydrogen (secondary N) is 1. The van der Waals surface area contributed by atoms with Gasteiger partial charge in [-0.2, -0.15) is 4.98 Å². The molecule has 0 bridgehead atoms. The van der Waals surface area contributed by atoms with Crippen molar-refractivity contribution in [3.05, 3.63) is 11.9 Å². The minimum absolute atomic E-state index is 0.260. The Bertz CT molecular complexity index is 382. The number of nitrogens with two attached hydrogens (primary N) is 1. The van der Waals surface area contributed by atoms with Crippen molar-refractivity contribution in [1.29, 1.82) is 0 Å². The van der Waals surface area contributed by atoms with E-state index in [0.717, 1.165) is 25.2 Å². The number of ether oxygens (including phenoxy) is 1. The Labute approximate surface area is 101 Å². The smallest absolute Gasteiger partial charge is 0.218 e. The molecule has 0 fully saturated rings. The summed E-state index contributed by atoms with van der Waals surface area (Å²) in [4.78, 5) is 18.8. The molecule has 0 saturated carbocycles. The van der Waals surface area contributed by atoms with Gasteiger partial charge in [0.15, 0.2) is 0 Å². The van der Waals surface area contributed by atoms with Crippen LogP contribution in [0.3, 0.4) is 0 Å². The Kier molecular flexibility index (Phi) is 5.19. The third kappa shape index (κ3) is 5.14. The van der Waals surface area contributed by atoms with E-state index >= 15 is 0 Å². The number of anilines is 1. The summed E-state index contributed by atoms with van der Waals surface area (Å²) in [7, 11) is 1.57. The molecule has 0 aliphatic heterocycles. The molecule has 0 aliphatic carbocycles. The number of nitrogens with zero attached hydrogens (tertiary/aromatic N) is 2. The summed E-state index contributed by atoms with van der Waals surface area (Å²) in [5.74, 6) is 1.67. The maximum atomic E-state index is 10.5. The molecule has 6 nitrogen and oxygen atoms in total. The van der Waals surface area contributed by atoms with E-state index in [1.54, 1.807) is 20.1 Å². The second kappa shape index (κ2) is 6.67. The molecule has 17 heavy (non-hydrogen) atoms. The number of unbranched alkanes of at least 4 members (excludes halogenated alkanes) is 1. The lowest BCUT2D eigenvalue weighted by Crippen LogP contribution is -2.11. The number of carbonyl (C=O) groups excluding carboxylic acids is 1. The summed E-state index contributed by atoms with van der Waals surface area (Å²) >= 11 is 0. The first kappa shape index (κ1) is 13.2. The van der Waals surface area contributed by atoms with E-state index in [-0.39, 0.29) is 5.91 Å². The van der Waals surface area contributed by atoms with E-state index in [0.29, 0.717) is 18.1 Å². The first-order chi connectivity index (χ1) is 8.11. The molecule has 1 heterocycles. The second-order valence-electron chi connectivity index (χ2n) is 3.69. The number of methoxy groups -OCH3 is 1. The molecule has 1 amide bonds. The summed E-state index contributed by atoms with van der Waals surface area (Å²) < 4.78 is 5.04. The number of aromatic nitrogens is 2. The number of hydrogen-bond donors (Lipinski definition) is 2. The van der Waals surface area contributed by atoms with E-state index in [1.807, 2.05) is 0 Å². The van der Waals surface area contributed by atoms with Gasteiger partial charge in [-0.25, -0.2) is 4.98 Å². The molecule has 1 aromatic rings. The molecule has 0 radical (unpaired) electrons. The molecule has 94 valence electrons. The number of aryl methyl sites for hydroxylation is 1. The summed E-state index contributed by atoms with van der Waals surface area (Å²) in [5.41, 5.74) is 5.05. The van der Waals surface area contributed by atoms with Gasteiger partial charge in [-0.1, -0.05) is 0 Å². The van der Waals surface area contributed by atoms with Crippen LogP contribution in [0.5, 0.6) is 5.88 Å². The van der Waals surface area contributed by atoms with Gasteiger partial charge in [0.25, 0.3) is 0 Å². The van der Waals surface area contributed by atoms with Crippen LogP contribution < -0.4 is 15.8 Å². The van der Waals surface area contributed by atoms with Crippen LogP contribution in [-0.2, 0) is 4.79 Å². The summed E-state index contributed by atoms with van der Waals surface area (Å²) in [6.45, 7) is 2.55. The SMILES string of the molecule is COc1cc(NCCCCC(N)=O)nc(C)n1. The predicted octanol–water partition coefficient (Wildman–Crippen LogP) is 0.861. The molecule has 0 atom stereocenters. The van der Waals surface area contributed by atoms with E-state index in [1.165, 1.54) is 0 Å². The predicted molar refractivity (Wildman–Crippen MR) is 64.9 cm³/mol. The Morgan fingerprint density at radius 2 is 2.24 bits per heavy atom. The number of rotatable bonds is 7. The van der Waals surface area contributed by atoms with Crippen LogP contribution in [0.1, 0.15) is 25.1 Å². The van der Waals surface area contributed by atoms with Gasteiger partial charge in [0.05, 0.1) is 7.11 Å². The number of amides is 1. The zero-order valence-corrected chi connectivity index (χ0v) is 10.2. The molecule has 3 N–H and O–H groups in total. The zero-order chi connectivity index (χ0) is 12.7. The highest BCUT2D eigenvalue weighted by Gasteiger charge is 2.01. The van der Waals surface area contributed by atoms with Crippen LogP contribution in [0.4, 0.5) is 5.82 Å². The molecular formula is C11H18N4O2. The normalized spacial score (nSPS) is 10.0. The van der Waals surface area contributed by atoms with Crippen LogP contribution in [-0.4, -0.2) is 29.5 Å². The Morgan fingerprint density at radius 3 is 2.88 bits per heavy atom. The topological polar surface area (TPSA) is 90.1 Å². The van der Waals surface area contributed by atoms with Gasteiger partial charge >= 0.3 is 0 Å². The van der Waals surface area contributed by atoms with Crippen LogP contribution in [0, 0.1) is 6.92 Å². The summed E-state index contributed by atoms with van der Waals surface area (Å²) in [6, 6.07) is 1.74. The largest absolute Gasteiger partial charge is 0.481 e. The zero-order valence-electron chi connectivity index (χ0n) is 10.2. The fraction of sp³-hybridized carbons (Fsp3) is 0.545. The van der Waals surface area contributed by atoms with Crippen molar-refractivity contribution in [2.45, 2.75) is 26.2 Å². The minimum atomic E-state index is -0.260. The van der Waals surface area contributed by atoms with Crippen LogP contribution >= 0.6 is 0 Å². The van der Waals surface area contributed by atoms with Gasteiger partial charge in [0.1, 0.15) is 11.6 Å². The lowest BCUT2D eigenvalue weighted by atomic mass is 10.2. The van der Waals surface area contributed by atoms with E-state index in [4.69, 9.17) is 10.5 Å². The van der Waals surface area contributed by atoms with Gasteiger partial charge in [0.2, 0.25) is 11.8 Å². The monoisotopic (exact) mass is 238 g/mol. The molecule has 0 saturated heterocycles. The maximum absolute atomic E-state index is 10.5. The lowest BCUT2D eigenvalue weighted by Gasteiger charge is -2.07. The van der Waals surface area contributed by atoms with Crippen molar-refractivity contribution in [2.24, 2.45) is 5.73 Å². The highest BCUT2D eigenvalue weighted by molar-refractivity contribution is 5.73. The van der Waals surface area contributed by atoms with Gasteiger partial charge < -0.3 is 15.8 Å². The number of carbonyl (C=O) groups is 1. The van der Waals surface area contributed by atoms with Crippen molar-refractivity contribution in [2.75, 3.05) is 19.0 Å². The van der Waals surface area contributed by atoms with Crippen molar-refractivity contribution in [1.82, 2.24) is 9.97 Å². The van der Waals surface area contributed by atoms with Gasteiger partial charge in [-0.15, -0.1) is 0 Å². The third-order valence-corrected chi connectivity index (χ3v) is 2.18. The summed E-state index contributed by atoms with van der Waals surface area (Å²) in [5, 5.41) is 3.15.